The van der Waals surface area contributed by atoms with Crippen molar-refractivity contribution in [1.82, 2.24) is 24.4 Å². The maximum atomic E-state index is 4.91. The Morgan fingerprint density at radius 1 is 1.08 bits per heavy atom. The highest BCUT2D eigenvalue weighted by Crippen LogP contribution is 2.24. The molecule has 0 radical (unpaired) electrons. The molecule has 1 aromatic carbocycles. The third kappa shape index (κ3) is 3.12. The molecule has 0 spiro atoms. The first kappa shape index (κ1) is 17.2. The van der Waals surface area contributed by atoms with E-state index in [9.17, 15) is 0 Å². The zero-order valence-electron chi connectivity index (χ0n) is 16.1. The number of hydrogen-bond acceptors (Lipinski definition) is 4. The Labute approximate surface area is 155 Å². The van der Waals surface area contributed by atoms with Crippen LogP contribution in [0.25, 0.3) is 11.0 Å². The fourth-order valence-corrected chi connectivity index (χ4v) is 3.79. The molecule has 136 valence electrons. The average molecular weight is 349 g/mol. The molecule has 0 bridgehead atoms. The monoisotopic (exact) mass is 349 g/mol. The van der Waals surface area contributed by atoms with Gasteiger partial charge >= 0.3 is 0 Å². The van der Waals surface area contributed by atoms with Crippen LogP contribution in [0.15, 0.2) is 30.5 Å². The second-order valence-corrected chi connectivity index (χ2v) is 7.80. The summed E-state index contributed by atoms with van der Waals surface area (Å²) in [6.45, 7) is 11.5. The molecule has 0 atom stereocenters. The SMILES string of the molecule is CC(C)c1ncc2c(n1)CCN(Cc1nc3ccccc3n1C(C)C)C2. The summed E-state index contributed by atoms with van der Waals surface area (Å²) in [5.74, 6) is 2.48. The number of rotatable bonds is 4. The van der Waals surface area contributed by atoms with Crippen LogP contribution < -0.4 is 0 Å². The molecule has 3 aromatic rings. The molecule has 2 aromatic heterocycles. The van der Waals surface area contributed by atoms with Crippen LogP contribution in [-0.2, 0) is 19.5 Å². The van der Waals surface area contributed by atoms with E-state index in [1.807, 2.05) is 6.20 Å². The molecule has 0 unspecified atom stereocenters. The standard InChI is InChI=1S/C21H27N5/c1-14(2)21-22-11-16-12-25(10-9-17(16)24-21)13-20-23-18-7-5-6-8-19(18)26(20)15(3)4/h5-8,11,14-15H,9-10,12-13H2,1-4H3. The van der Waals surface area contributed by atoms with Crippen LogP contribution in [0.4, 0.5) is 0 Å². The second kappa shape index (κ2) is 6.80. The van der Waals surface area contributed by atoms with Gasteiger partial charge in [0.05, 0.1) is 17.6 Å². The summed E-state index contributed by atoms with van der Waals surface area (Å²) in [6, 6.07) is 8.81. The van der Waals surface area contributed by atoms with Gasteiger partial charge in [-0.3, -0.25) is 4.90 Å². The van der Waals surface area contributed by atoms with Crippen molar-refractivity contribution >= 4 is 11.0 Å². The molecule has 3 heterocycles. The number of benzene rings is 1. The summed E-state index contributed by atoms with van der Waals surface area (Å²) in [5.41, 5.74) is 4.78. The second-order valence-electron chi connectivity index (χ2n) is 7.80. The smallest absolute Gasteiger partial charge is 0.131 e. The van der Waals surface area contributed by atoms with Gasteiger partial charge in [0.15, 0.2) is 0 Å². The van der Waals surface area contributed by atoms with E-state index in [0.717, 1.165) is 43.2 Å². The molecular weight excluding hydrogens is 322 g/mol. The van der Waals surface area contributed by atoms with E-state index in [4.69, 9.17) is 9.97 Å². The first-order valence-corrected chi connectivity index (χ1v) is 9.56. The van der Waals surface area contributed by atoms with E-state index in [-0.39, 0.29) is 0 Å². The number of hydrogen-bond donors (Lipinski definition) is 0. The van der Waals surface area contributed by atoms with Gasteiger partial charge in [0, 0.05) is 48.9 Å². The zero-order valence-corrected chi connectivity index (χ0v) is 16.1. The molecule has 4 rings (SSSR count). The molecule has 0 amide bonds. The number of fused-ring (bicyclic) bond motifs is 2. The first-order chi connectivity index (χ1) is 12.5. The minimum atomic E-state index is 0.379. The molecule has 5 nitrogen and oxygen atoms in total. The molecule has 1 aliphatic heterocycles. The Balaban J connectivity index is 1.59. The zero-order chi connectivity index (χ0) is 18.3. The summed E-state index contributed by atoms with van der Waals surface area (Å²) in [6.07, 6.45) is 3.01. The van der Waals surface area contributed by atoms with Crippen molar-refractivity contribution in [2.75, 3.05) is 6.54 Å². The topological polar surface area (TPSA) is 46.8 Å². The third-order valence-corrected chi connectivity index (χ3v) is 5.10. The summed E-state index contributed by atoms with van der Waals surface area (Å²) < 4.78 is 2.36. The fraction of sp³-hybridized carbons (Fsp3) is 0.476. The number of aromatic nitrogens is 4. The minimum absolute atomic E-state index is 0.379. The van der Waals surface area contributed by atoms with Gasteiger partial charge < -0.3 is 4.57 Å². The van der Waals surface area contributed by atoms with Crippen LogP contribution in [0.1, 0.15) is 62.6 Å². The lowest BCUT2D eigenvalue weighted by Gasteiger charge is -2.28. The Morgan fingerprint density at radius 3 is 2.65 bits per heavy atom. The van der Waals surface area contributed by atoms with E-state index >= 15 is 0 Å². The Morgan fingerprint density at radius 2 is 1.88 bits per heavy atom. The van der Waals surface area contributed by atoms with Crippen LogP contribution in [-0.4, -0.2) is 31.0 Å². The van der Waals surface area contributed by atoms with Crippen molar-refractivity contribution in [2.45, 2.75) is 59.2 Å². The minimum Gasteiger partial charge on any atom is -0.324 e. The lowest BCUT2D eigenvalue weighted by molar-refractivity contribution is 0.232. The maximum absolute atomic E-state index is 4.91. The van der Waals surface area contributed by atoms with E-state index < -0.39 is 0 Å². The van der Waals surface area contributed by atoms with Crippen LogP contribution >= 0.6 is 0 Å². The van der Waals surface area contributed by atoms with Crippen LogP contribution in [0.5, 0.6) is 0 Å². The fourth-order valence-electron chi connectivity index (χ4n) is 3.79. The van der Waals surface area contributed by atoms with E-state index in [1.165, 1.54) is 16.8 Å². The molecule has 26 heavy (non-hydrogen) atoms. The number of nitrogens with zero attached hydrogens (tertiary/aromatic N) is 5. The Hall–Kier alpha value is -2.27. The first-order valence-electron chi connectivity index (χ1n) is 9.56. The van der Waals surface area contributed by atoms with Gasteiger partial charge in [0.2, 0.25) is 0 Å². The summed E-state index contributed by atoms with van der Waals surface area (Å²) in [5, 5.41) is 0. The van der Waals surface area contributed by atoms with Crippen molar-refractivity contribution in [3.63, 3.8) is 0 Å². The van der Waals surface area contributed by atoms with Gasteiger partial charge in [-0.05, 0) is 26.0 Å². The van der Waals surface area contributed by atoms with Crippen molar-refractivity contribution in [3.8, 4) is 0 Å². The molecule has 0 saturated carbocycles. The van der Waals surface area contributed by atoms with Crippen molar-refractivity contribution in [2.24, 2.45) is 0 Å². The highest BCUT2D eigenvalue weighted by Gasteiger charge is 2.22. The highest BCUT2D eigenvalue weighted by atomic mass is 15.2. The van der Waals surface area contributed by atoms with Gasteiger partial charge in [-0.2, -0.15) is 0 Å². The van der Waals surface area contributed by atoms with Crippen molar-refractivity contribution in [3.05, 3.63) is 53.4 Å². The highest BCUT2D eigenvalue weighted by molar-refractivity contribution is 5.76. The molecule has 0 N–H and O–H groups in total. The van der Waals surface area contributed by atoms with Gasteiger partial charge in [0.25, 0.3) is 0 Å². The lowest BCUT2D eigenvalue weighted by atomic mass is 10.1. The average Bonchev–Trinajstić information content (AvgIpc) is 2.99. The molecule has 0 fully saturated rings. The molecule has 0 aliphatic carbocycles. The van der Waals surface area contributed by atoms with Crippen LogP contribution in [0.2, 0.25) is 0 Å². The van der Waals surface area contributed by atoms with Crippen LogP contribution in [0.3, 0.4) is 0 Å². The van der Waals surface area contributed by atoms with E-state index in [2.05, 4.69) is 66.4 Å². The maximum Gasteiger partial charge on any atom is 0.131 e. The largest absolute Gasteiger partial charge is 0.324 e. The molecule has 1 aliphatic rings. The molecular formula is C21H27N5. The molecule has 0 saturated heterocycles. The number of imidazole rings is 1. The predicted molar refractivity (Wildman–Crippen MR) is 104 cm³/mol. The summed E-state index contributed by atoms with van der Waals surface area (Å²) >= 11 is 0. The lowest BCUT2D eigenvalue weighted by Crippen LogP contribution is -2.32. The van der Waals surface area contributed by atoms with Gasteiger partial charge in [-0.15, -0.1) is 0 Å². The molecule has 5 heteroatoms. The van der Waals surface area contributed by atoms with Crippen LogP contribution in [0, 0.1) is 0 Å². The van der Waals surface area contributed by atoms with Gasteiger partial charge in [-0.25, -0.2) is 15.0 Å². The number of para-hydroxylation sites is 2. The Kier molecular flexibility index (Phi) is 4.49. The van der Waals surface area contributed by atoms with Gasteiger partial charge in [-0.1, -0.05) is 26.0 Å². The quantitative estimate of drug-likeness (QED) is 0.712. The van der Waals surface area contributed by atoms with E-state index in [0.29, 0.717) is 12.0 Å². The van der Waals surface area contributed by atoms with Crippen molar-refractivity contribution in [1.29, 1.82) is 0 Å². The van der Waals surface area contributed by atoms with E-state index in [1.54, 1.807) is 0 Å². The third-order valence-electron chi connectivity index (χ3n) is 5.10. The normalized spacial score (nSPS) is 15.2. The van der Waals surface area contributed by atoms with Crippen molar-refractivity contribution < 1.29 is 0 Å². The summed E-state index contributed by atoms with van der Waals surface area (Å²) in [4.78, 5) is 16.7. The Bertz CT molecular complexity index is 925. The van der Waals surface area contributed by atoms with Gasteiger partial charge in [0.1, 0.15) is 11.6 Å². The summed E-state index contributed by atoms with van der Waals surface area (Å²) in [7, 11) is 0. The predicted octanol–water partition coefficient (Wildman–Crippen LogP) is 4.09.